The highest BCUT2D eigenvalue weighted by Crippen LogP contribution is 2.15. The van der Waals surface area contributed by atoms with E-state index in [2.05, 4.69) is 60.7 Å². The molecule has 1 aromatic carbocycles. The van der Waals surface area contributed by atoms with Crippen LogP contribution < -0.4 is 0 Å². The van der Waals surface area contributed by atoms with Gasteiger partial charge in [-0.05, 0) is 30.2 Å². The summed E-state index contributed by atoms with van der Waals surface area (Å²) in [5.41, 5.74) is 1.27. The van der Waals surface area contributed by atoms with Crippen molar-refractivity contribution in [2.75, 3.05) is 11.0 Å². The quantitative estimate of drug-likeness (QED) is 0.441. The molecule has 0 bridgehead atoms. The van der Waals surface area contributed by atoms with Crippen LogP contribution in [0, 0.1) is 11.8 Å². The van der Waals surface area contributed by atoms with E-state index in [1.54, 1.807) is 0 Å². The number of benzene rings is 1. The van der Waals surface area contributed by atoms with Crippen molar-refractivity contribution in [3.05, 3.63) is 35.9 Å². The summed E-state index contributed by atoms with van der Waals surface area (Å²) in [5, 5.41) is 0. The molecular weight excluding hydrogens is 335 g/mol. The fourth-order valence-corrected chi connectivity index (χ4v) is 2.37. The predicted molar refractivity (Wildman–Crippen MR) is 87.2 cm³/mol. The average molecular weight is 360 g/mol. The summed E-state index contributed by atoms with van der Waals surface area (Å²) in [6, 6.07) is 10.4. The van der Waals surface area contributed by atoms with E-state index >= 15 is 0 Å². The van der Waals surface area contributed by atoms with E-state index in [4.69, 9.17) is 4.74 Å². The Morgan fingerprint density at radius 2 is 1.72 bits per heavy atom. The maximum atomic E-state index is 5.76. The Bertz CT molecular complexity index is 299. The minimum Gasteiger partial charge on any atom is -0.376 e. The second-order valence-electron chi connectivity index (χ2n) is 5.30. The number of hydrogen-bond donors (Lipinski definition) is 0. The highest BCUT2D eigenvalue weighted by molar-refractivity contribution is 14.1. The van der Waals surface area contributed by atoms with Crippen LogP contribution >= 0.6 is 22.6 Å². The third kappa shape index (κ3) is 7.37. The van der Waals surface area contributed by atoms with Crippen molar-refractivity contribution in [2.45, 2.75) is 39.7 Å². The summed E-state index contributed by atoms with van der Waals surface area (Å²) >= 11 is 2.47. The van der Waals surface area contributed by atoms with Crippen molar-refractivity contribution >= 4 is 22.6 Å². The number of hydrogen-bond acceptors (Lipinski definition) is 1. The SMILES string of the molecule is C[C@H](CI)CCC[C@@H](C)COCc1ccccc1. The Morgan fingerprint density at radius 1 is 1.06 bits per heavy atom. The topological polar surface area (TPSA) is 9.23 Å². The lowest BCUT2D eigenvalue weighted by molar-refractivity contribution is 0.0885. The second kappa shape index (κ2) is 9.79. The lowest BCUT2D eigenvalue weighted by Gasteiger charge is -2.13. The zero-order valence-corrected chi connectivity index (χ0v) is 13.7. The Labute approximate surface area is 125 Å². The molecule has 0 aliphatic heterocycles. The first-order valence-corrected chi connectivity index (χ1v) is 8.42. The van der Waals surface area contributed by atoms with Crippen molar-refractivity contribution in [2.24, 2.45) is 11.8 Å². The molecule has 0 aromatic heterocycles. The van der Waals surface area contributed by atoms with Crippen LogP contribution in [-0.4, -0.2) is 11.0 Å². The molecule has 0 radical (unpaired) electrons. The molecule has 1 aromatic rings. The minimum absolute atomic E-state index is 0.676. The van der Waals surface area contributed by atoms with Crippen LogP contribution in [0.2, 0.25) is 0 Å². The first-order chi connectivity index (χ1) is 8.72. The number of rotatable bonds is 9. The Kier molecular flexibility index (Phi) is 8.68. The molecule has 0 saturated heterocycles. The van der Waals surface area contributed by atoms with Gasteiger partial charge in [-0.3, -0.25) is 0 Å². The minimum atomic E-state index is 0.676. The largest absolute Gasteiger partial charge is 0.376 e. The fourth-order valence-electron chi connectivity index (χ4n) is 1.93. The maximum absolute atomic E-state index is 5.76. The molecule has 18 heavy (non-hydrogen) atoms. The van der Waals surface area contributed by atoms with E-state index in [1.165, 1.54) is 29.3 Å². The molecule has 1 rings (SSSR count). The molecule has 2 heteroatoms. The van der Waals surface area contributed by atoms with E-state index in [0.717, 1.165) is 19.1 Å². The number of alkyl halides is 1. The first kappa shape index (κ1) is 16.0. The standard InChI is InChI=1S/C16H25IO/c1-14(11-17)7-6-8-15(2)12-18-13-16-9-4-3-5-10-16/h3-5,9-10,14-15H,6-8,11-13H2,1-2H3/t14-,15+/m0/s1. The Hall–Kier alpha value is -0.0900. The van der Waals surface area contributed by atoms with Gasteiger partial charge in [-0.2, -0.15) is 0 Å². The Morgan fingerprint density at radius 3 is 2.39 bits per heavy atom. The molecule has 0 spiro atoms. The summed E-state index contributed by atoms with van der Waals surface area (Å²) in [4.78, 5) is 0. The van der Waals surface area contributed by atoms with Gasteiger partial charge >= 0.3 is 0 Å². The van der Waals surface area contributed by atoms with E-state index in [9.17, 15) is 0 Å². The molecule has 0 fully saturated rings. The van der Waals surface area contributed by atoms with Gasteiger partial charge in [-0.25, -0.2) is 0 Å². The van der Waals surface area contributed by atoms with Crippen molar-refractivity contribution in [3.8, 4) is 0 Å². The number of ether oxygens (including phenoxy) is 1. The molecule has 0 amide bonds. The summed E-state index contributed by atoms with van der Waals surface area (Å²) in [5.74, 6) is 1.54. The number of halogens is 1. The van der Waals surface area contributed by atoms with Crippen LogP contribution in [0.4, 0.5) is 0 Å². The van der Waals surface area contributed by atoms with Crippen LogP contribution in [0.3, 0.4) is 0 Å². The smallest absolute Gasteiger partial charge is 0.0717 e. The van der Waals surface area contributed by atoms with E-state index in [1.807, 2.05) is 6.07 Å². The molecule has 0 aliphatic carbocycles. The normalized spacial score (nSPS) is 14.4. The van der Waals surface area contributed by atoms with Gasteiger partial charge in [0.2, 0.25) is 0 Å². The zero-order valence-electron chi connectivity index (χ0n) is 11.6. The average Bonchev–Trinajstić information content (AvgIpc) is 2.39. The van der Waals surface area contributed by atoms with Gasteiger partial charge < -0.3 is 4.74 Å². The van der Waals surface area contributed by atoms with Gasteiger partial charge in [-0.1, -0.05) is 73.2 Å². The van der Waals surface area contributed by atoms with E-state index in [0.29, 0.717) is 5.92 Å². The summed E-state index contributed by atoms with van der Waals surface area (Å²) in [7, 11) is 0. The lowest BCUT2D eigenvalue weighted by Crippen LogP contribution is -2.07. The van der Waals surface area contributed by atoms with Gasteiger partial charge in [0.05, 0.1) is 6.61 Å². The molecule has 2 atom stereocenters. The van der Waals surface area contributed by atoms with Crippen molar-refractivity contribution in [1.82, 2.24) is 0 Å². The molecule has 0 aliphatic rings. The second-order valence-corrected chi connectivity index (χ2v) is 6.18. The van der Waals surface area contributed by atoms with Gasteiger partial charge in [0.25, 0.3) is 0 Å². The molecule has 0 saturated carbocycles. The van der Waals surface area contributed by atoms with Gasteiger partial charge in [0.15, 0.2) is 0 Å². The molecule has 0 unspecified atom stereocenters. The monoisotopic (exact) mass is 360 g/mol. The molecule has 102 valence electrons. The zero-order chi connectivity index (χ0) is 13.2. The first-order valence-electron chi connectivity index (χ1n) is 6.90. The van der Waals surface area contributed by atoms with Crippen molar-refractivity contribution < 1.29 is 4.74 Å². The summed E-state index contributed by atoms with van der Waals surface area (Å²) in [6.45, 7) is 6.26. The van der Waals surface area contributed by atoms with Crippen LogP contribution in [-0.2, 0) is 11.3 Å². The van der Waals surface area contributed by atoms with Crippen LogP contribution in [0.15, 0.2) is 30.3 Å². The third-order valence-corrected chi connectivity index (χ3v) is 4.67. The highest BCUT2D eigenvalue weighted by atomic mass is 127. The van der Waals surface area contributed by atoms with Gasteiger partial charge in [0, 0.05) is 11.0 Å². The predicted octanol–water partition coefficient (Wildman–Crippen LogP) is 5.08. The maximum Gasteiger partial charge on any atom is 0.0717 e. The molecule has 1 nitrogen and oxygen atoms in total. The van der Waals surface area contributed by atoms with Crippen LogP contribution in [0.1, 0.15) is 38.7 Å². The van der Waals surface area contributed by atoms with Crippen LogP contribution in [0.5, 0.6) is 0 Å². The van der Waals surface area contributed by atoms with Gasteiger partial charge in [0.1, 0.15) is 0 Å². The summed E-state index contributed by atoms with van der Waals surface area (Å²) in [6.07, 6.45) is 3.97. The Balaban J connectivity index is 2.05. The van der Waals surface area contributed by atoms with Crippen LogP contribution in [0.25, 0.3) is 0 Å². The third-order valence-electron chi connectivity index (χ3n) is 3.17. The van der Waals surface area contributed by atoms with Crippen molar-refractivity contribution in [1.29, 1.82) is 0 Å². The van der Waals surface area contributed by atoms with E-state index in [-0.39, 0.29) is 0 Å². The molecular formula is C16H25IO. The highest BCUT2D eigenvalue weighted by Gasteiger charge is 2.05. The van der Waals surface area contributed by atoms with E-state index < -0.39 is 0 Å². The lowest BCUT2D eigenvalue weighted by atomic mass is 10.0. The van der Waals surface area contributed by atoms with Gasteiger partial charge in [-0.15, -0.1) is 0 Å². The fraction of sp³-hybridized carbons (Fsp3) is 0.625. The molecule has 0 N–H and O–H groups in total. The summed E-state index contributed by atoms with van der Waals surface area (Å²) < 4.78 is 7.04. The van der Waals surface area contributed by atoms with Crippen molar-refractivity contribution in [3.63, 3.8) is 0 Å². The molecule has 0 heterocycles.